The van der Waals surface area contributed by atoms with Gasteiger partial charge in [0, 0.05) is 23.6 Å². The van der Waals surface area contributed by atoms with Crippen molar-refractivity contribution in [2.75, 3.05) is 10.6 Å². The van der Waals surface area contributed by atoms with E-state index in [1.165, 1.54) is 6.20 Å². The first-order valence-corrected chi connectivity index (χ1v) is 6.57. The largest absolute Gasteiger partial charge is 0.481 e. The molecule has 0 atom stereocenters. The van der Waals surface area contributed by atoms with Crippen LogP contribution in [0.2, 0.25) is 0 Å². The summed E-state index contributed by atoms with van der Waals surface area (Å²) in [4.78, 5) is 22.4. The zero-order chi connectivity index (χ0) is 14.4. The van der Waals surface area contributed by atoms with Crippen molar-refractivity contribution in [1.29, 1.82) is 0 Å². The van der Waals surface area contributed by atoms with Gasteiger partial charge in [0.2, 0.25) is 0 Å². The Balaban J connectivity index is 2.01. The molecule has 8 heteroatoms. The predicted octanol–water partition coefficient (Wildman–Crippen LogP) is 2.20. The van der Waals surface area contributed by atoms with Gasteiger partial charge in [0.1, 0.15) is 5.00 Å². The number of nitrogens with one attached hydrogen (secondary N) is 2. The zero-order valence-electron chi connectivity index (χ0n) is 10.4. The minimum atomic E-state index is -0.875. The molecular formula is C12H12N4O3S. The highest BCUT2D eigenvalue weighted by Gasteiger charge is 2.08. The van der Waals surface area contributed by atoms with Crippen molar-refractivity contribution in [3.63, 3.8) is 0 Å². The number of carboxylic acids is 1. The summed E-state index contributed by atoms with van der Waals surface area (Å²) in [5, 5.41) is 18.1. The van der Waals surface area contributed by atoms with Crippen molar-refractivity contribution in [3.05, 3.63) is 36.0 Å². The fraction of sp³-hybridized carbons (Fsp3) is 0.167. The third-order valence-corrected chi connectivity index (χ3v) is 3.05. The highest BCUT2D eigenvalue weighted by atomic mass is 32.1. The first kappa shape index (κ1) is 13.9. The number of carbonyl (C=O) groups is 2. The average Bonchev–Trinajstić information content (AvgIpc) is 2.90. The molecule has 2 rings (SSSR count). The van der Waals surface area contributed by atoms with Gasteiger partial charge in [-0.2, -0.15) is 0 Å². The van der Waals surface area contributed by atoms with E-state index in [0.717, 1.165) is 17.1 Å². The van der Waals surface area contributed by atoms with Gasteiger partial charge >= 0.3 is 12.0 Å². The molecule has 2 aromatic rings. The summed E-state index contributed by atoms with van der Waals surface area (Å²) < 4.78 is 3.63. The molecule has 20 heavy (non-hydrogen) atoms. The Labute approximate surface area is 118 Å². The van der Waals surface area contributed by atoms with Crippen LogP contribution in [0.25, 0.3) is 0 Å². The van der Waals surface area contributed by atoms with Gasteiger partial charge in [0.05, 0.1) is 6.20 Å². The molecule has 0 spiro atoms. The number of rotatable bonds is 5. The Bertz CT molecular complexity index is 601. The van der Waals surface area contributed by atoms with Crippen LogP contribution < -0.4 is 10.6 Å². The van der Waals surface area contributed by atoms with Crippen LogP contribution in [0.1, 0.15) is 12.0 Å². The molecule has 104 valence electrons. The van der Waals surface area contributed by atoms with E-state index in [4.69, 9.17) is 5.11 Å². The first-order chi connectivity index (χ1) is 9.65. The molecule has 1 heterocycles. The molecule has 1 aromatic carbocycles. The lowest BCUT2D eigenvalue weighted by Crippen LogP contribution is -2.19. The van der Waals surface area contributed by atoms with Gasteiger partial charge in [-0.3, -0.25) is 10.1 Å². The maximum absolute atomic E-state index is 11.8. The highest BCUT2D eigenvalue weighted by molar-refractivity contribution is 7.10. The second-order valence-electron chi connectivity index (χ2n) is 3.91. The maximum atomic E-state index is 11.8. The first-order valence-electron chi connectivity index (χ1n) is 5.80. The van der Waals surface area contributed by atoms with Gasteiger partial charge in [0.15, 0.2) is 0 Å². The van der Waals surface area contributed by atoms with E-state index in [9.17, 15) is 9.59 Å². The van der Waals surface area contributed by atoms with Crippen molar-refractivity contribution in [2.24, 2.45) is 0 Å². The fourth-order valence-electron chi connectivity index (χ4n) is 1.59. The Morgan fingerprint density at radius 3 is 2.75 bits per heavy atom. The van der Waals surface area contributed by atoms with Crippen LogP contribution in [0.3, 0.4) is 0 Å². The molecule has 0 aliphatic carbocycles. The topological polar surface area (TPSA) is 104 Å². The monoisotopic (exact) mass is 292 g/mol. The summed E-state index contributed by atoms with van der Waals surface area (Å²) in [6.07, 6.45) is 1.81. The van der Waals surface area contributed by atoms with Crippen LogP contribution in [0, 0.1) is 0 Å². The molecule has 0 saturated carbocycles. The third-order valence-electron chi connectivity index (χ3n) is 2.47. The number of benzene rings is 1. The summed E-state index contributed by atoms with van der Waals surface area (Å²) in [5.41, 5.74) is 1.36. The molecule has 1 aromatic heterocycles. The molecule has 0 radical (unpaired) electrons. The lowest BCUT2D eigenvalue weighted by Gasteiger charge is -2.10. The van der Waals surface area contributed by atoms with Crippen LogP contribution in [0.4, 0.5) is 15.5 Å². The lowest BCUT2D eigenvalue weighted by molar-refractivity contribution is -0.136. The number of hydrogen-bond donors (Lipinski definition) is 3. The van der Waals surface area contributed by atoms with Crippen molar-refractivity contribution >= 4 is 34.2 Å². The normalized spacial score (nSPS) is 10.0. The summed E-state index contributed by atoms with van der Waals surface area (Å²) >= 11 is 1.07. The number of aryl methyl sites for hydroxylation is 1. The quantitative estimate of drug-likeness (QED) is 0.783. The van der Waals surface area contributed by atoms with Crippen LogP contribution in [0.15, 0.2) is 30.5 Å². The second-order valence-corrected chi connectivity index (χ2v) is 4.70. The fourth-order valence-corrected chi connectivity index (χ4v) is 2.00. The minimum Gasteiger partial charge on any atom is -0.481 e. The number of aromatic nitrogens is 2. The summed E-state index contributed by atoms with van der Waals surface area (Å²) in [5.74, 6) is -0.875. The molecular weight excluding hydrogens is 280 g/mol. The molecule has 3 N–H and O–H groups in total. The molecule has 0 aliphatic rings. The Morgan fingerprint density at radius 2 is 2.05 bits per heavy atom. The number of para-hydroxylation sites is 1. The highest BCUT2D eigenvalue weighted by Crippen LogP contribution is 2.18. The minimum absolute atomic E-state index is 0.0130. The maximum Gasteiger partial charge on any atom is 0.324 e. The number of carboxylic acid groups (broad SMARTS) is 1. The van der Waals surface area contributed by atoms with Crippen molar-refractivity contribution < 1.29 is 14.7 Å². The van der Waals surface area contributed by atoms with E-state index in [1.54, 1.807) is 24.3 Å². The number of aliphatic carboxylic acids is 1. The molecule has 0 saturated heterocycles. The van der Waals surface area contributed by atoms with Gasteiger partial charge in [-0.05, 0) is 18.1 Å². The Hall–Kier alpha value is -2.48. The van der Waals surface area contributed by atoms with Crippen LogP contribution in [-0.2, 0) is 11.2 Å². The number of carbonyl (C=O) groups excluding carboxylic acids is 1. The van der Waals surface area contributed by atoms with E-state index in [1.807, 2.05) is 0 Å². The summed E-state index contributed by atoms with van der Waals surface area (Å²) in [7, 11) is 0. The van der Waals surface area contributed by atoms with E-state index >= 15 is 0 Å². The SMILES string of the molecule is O=C(O)CCc1ccccc1NC(=O)Nc1cnns1. The van der Waals surface area contributed by atoms with E-state index < -0.39 is 12.0 Å². The van der Waals surface area contributed by atoms with Gasteiger partial charge in [-0.15, -0.1) is 5.10 Å². The van der Waals surface area contributed by atoms with Gasteiger partial charge in [-0.25, -0.2) is 4.79 Å². The molecule has 0 aliphatic heterocycles. The molecule has 2 amide bonds. The second kappa shape index (κ2) is 6.62. The van der Waals surface area contributed by atoms with E-state index in [0.29, 0.717) is 17.1 Å². The number of anilines is 2. The predicted molar refractivity (Wildman–Crippen MR) is 74.9 cm³/mol. The van der Waals surface area contributed by atoms with E-state index in [-0.39, 0.29) is 6.42 Å². The van der Waals surface area contributed by atoms with Crippen molar-refractivity contribution in [3.8, 4) is 0 Å². The average molecular weight is 292 g/mol. The summed E-state index contributed by atoms with van der Waals surface area (Å²) in [6.45, 7) is 0. The van der Waals surface area contributed by atoms with Crippen molar-refractivity contribution in [2.45, 2.75) is 12.8 Å². The molecule has 7 nitrogen and oxygen atoms in total. The smallest absolute Gasteiger partial charge is 0.324 e. The number of urea groups is 1. The lowest BCUT2D eigenvalue weighted by atomic mass is 10.1. The third kappa shape index (κ3) is 4.02. The molecule has 0 unspecified atom stereocenters. The number of nitrogens with zero attached hydrogens (tertiary/aromatic N) is 2. The van der Waals surface area contributed by atoms with Crippen LogP contribution in [0.5, 0.6) is 0 Å². The summed E-state index contributed by atoms with van der Waals surface area (Å²) in [6, 6.07) is 6.66. The zero-order valence-corrected chi connectivity index (χ0v) is 11.2. The standard InChI is InChI=1S/C12H12N4O3S/c17-11(18)6-5-8-3-1-2-4-9(8)14-12(19)15-10-7-13-16-20-10/h1-4,7H,5-6H2,(H,17,18)(H2,14,15,19). The Kier molecular flexibility index (Phi) is 4.61. The van der Waals surface area contributed by atoms with E-state index in [2.05, 4.69) is 20.2 Å². The molecule has 0 fully saturated rings. The number of amides is 2. The van der Waals surface area contributed by atoms with Crippen LogP contribution >= 0.6 is 11.5 Å². The Morgan fingerprint density at radius 1 is 1.25 bits per heavy atom. The van der Waals surface area contributed by atoms with Crippen molar-refractivity contribution in [1.82, 2.24) is 9.59 Å². The number of hydrogen-bond acceptors (Lipinski definition) is 5. The van der Waals surface area contributed by atoms with Gasteiger partial charge < -0.3 is 10.4 Å². The van der Waals surface area contributed by atoms with Gasteiger partial charge in [0.25, 0.3) is 0 Å². The molecule has 0 bridgehead atoms. The van der Waals surface area contributed by atoms with Gasteiger partial charge in [-0.1, -0.05) is 22.7 Å². The van der Waals surface area contributed by atoms with Crippen LogP contribution in [-0.4, -0.2) is 26.7 Å².